The number of hydrogen-bond acceptors (Lipinski definition) is 5. The van der Waals surface area contributed by atoms with Crippen LogP contribution in [-0.4, -0.2) is 44.7 Å². The van der Waals surface area contributed by atoms with Gasteiger partial charge in [-0.05, 0) is 19.3 Å². The Balaban J connectivity index is 1.96. The first-order valence-electron chi connectivity index (χ1n) is 6.91. The number of nitrogens with zero attached hydrogens (tertiary/aromatic N) is 4. The van der Waals surface area contributed by atoms with Gasteiger partial charge in [0.2, 0.25) is 0 Å². The van der Waals surface area contributed by atoms with E-state index in [0.29, 0.717) is 30.2 Å². The number of fused-ring (bicyclic) bond motifs is 1. The fourth-order valence-corrected chi connectivity index (χ4v) is 2.23. The summed E-state index contributed by atoms with van der Waals surface area (Å²) in [5.41, 5.74) is 2.07. The normalized spacial score (nSPS) is 14.5. The number of nitrogens with one attached hydrogen (secondary N) is 1. The van der Waals surface area contributed by atoms with E-state index >= 15 is 0 Å². The number of aromatic nitrogens is 4. The van der Waals surface area contributed by atoms with E-state index in [-0.39, 0.29) is 5.82 Å². The number of methoxy groups -OCH3 is 1. The molecule has 0 bridgehead atoms. The lowest BCUT2D eigenvalue weighted by molar-refractivity contribution is 0.189. The van der Waals surface area contributed by atoms with E-state index in [2.05, 4.69) is 20.4 Å². The van der Waals surface area contributed by atoms with Gasteiger partial charge in [0.1, 0.15) is 0 Å². The largest absolute Gasteiger partial charge is 0.465 e. The highest BCUT2D eigenvalue weighted by molar-refractivity contribution is 5.93. The van der Waals surface area contributed by atoms with Gasteiger partial charge in [0.25, 0.3) is 0 Å². The zero-order chi connectivity index (χ0) is 14.8. The second kappa shape index (κ2) is 5.65. The highest BCUT2D eigenvalue weighted by atomic mass is 16.5. The SMILES string of the molecule is COCCCn1nc(NC(=O)O)c2ncc(C3CC3)nc21. The van der Waals surface area contributed by atoms with Crippen molar-refractivity contribution in [1.29, 1.82) is 0 Å². The molecule has 0 unspecified atom stereocenters. The van der Waals surface area contributed by atoms with Crippen LogP contribution < -0.4 is 5.32 Å². The Kier molecular flexibility index (Phi) is 3.70. The molecule has 1 amide bonds. The van der Waals surface area contributed by atoms with Gasteiger partial charge in [-0.15, -0.1) is 0 Å². The molecule has 21 heavy (non-hydrogen) atoms. The predicted octanol–water partition coefficient (Wildman–Crippen LogP) is 1.83. The van der Waals surface area contributed by atoms with E-state index in [1.165, 1.54) is 0 Å². The monoisotopic (exact) mass is 291 g/mol. The van der Waals surface area contributed by atoms with Crippen LogP contribution in [0.3, 0.4) is 0 Å². The molecule has 1 aliphatic rings. The Hall–Kier alpha value is -2.22. The molecule has 0 atom stereocenters. The van der Waals surface area contributed by atoms with Crippen molar-refractivity contribution < 1.29 is 14.6 Å². The molecule has 0 radical (unpaired) electrons. The average molecular weight is 291 g/mol. The molecule has 112 valence electrons. The van der Waals surface area contributed by atoms with Crippen molar-refractivity contribution in [3.8, 4) is 0 Å². The molecule has 0 aliphatic heterocycles. The van der Waals surface area contributed by atoms with Gasteiger partial charge < -0.3 is 9.84 Å². The van der Waals surface area contributed by atoms with E-state index in [4.69, 9.17) is 9.84 Å². The third-order valence-corrected chi connectivity index (χ3v) is 3.40. The van der Waals surface area contributed by atoms with Crippen molar-refractivity contribution in [2.24, 2.45) is 0 Å². The topological polar surface area (TPSA) is 102 Å². The number of amides is 1. The van der Waals surface area contributed by atoms with E-state index in [0.717, 1.165) is 25.0 Å². The van der Waals surface area contributed by atoms with E-state index in [1.807, 2.05) is 0 Å². The second-order valence-electron chi connectivity index (χ2n) is 5.09. The maximum atomic E-state index is 10.8. The van der Waals surface area contributed by atoms with Crippen LogP contribution in [0.5, 0.6) is 0 Å². The van der Waals surface area contributed by atoms with Crippen molar-refractivity contribution in [2.45, 2.75) is 31.7 Å². The highest BCUT2D eigenvalue weighted by Gasteiger charge is 2.27. The number of carboxylic acid groups (broad SMARTS) is 1. The van der Waals surface area contributed by atoms with E-state index in [9.17, 15) is 4.79 Å². The summed E-state index contributed by atoms with van der Waals surface area (Å²) in [4.78, 5) is 19.8. The number of hydrogen-bond donors (Lipinski definition) is 2. The van der Waals surface area contributed by atoms with Crippen LogP contribution in [0.4, 0.5) is 10.6 Å². The molecule has 1 saturated carbocycles. The smallest absolute Gasteiger partial charge is 0.410 e. The lowest BCUT2D eigenvalue weighted by Gasteiger charge is -2.03. The molecule has 0 aromatic carbocycles. The zero-order valence-corrected chi connectivity index (χ0v) is 11.7. The van der Waals surface area contributed by atoms with Crippen LogP contribution in [0, 0.1) is 0 Å². The quantitative estimate of drug-likeness (QED) is 0.787. The molecule has 2 heterocycles. The molecule has 2 N–H and O–H groups in total. The van der Waals surface area contributed by atoms with Gasteiger partial charge in [0.05, 0.1) is 5.69 Å². The first-order chi connectivity index (χ1) is 10.2. The number of carbonyl (C=O) groups is 1. The highest BCUT2D eigenvalue weighted by Crippen LogP contribution is 2.39. The first-order valence-corrected chi connectivity index (χ1v) is 6.91. The van der Waals surface area contributed by atoms with Crippen LogP contribution in [0.2, 0.25) is 0 Å². The van der Waals surface area contributed by atoms with Crippen molar-refractivity contribution in [3.63, 3.8) is 0 Å². The third-order valence-electron chi connectivity index (χ3n) is 3.40. The van der Waals surface area contributed by atoms with Crippen molar-refractivity contribution in [1.82, 2.24) is 19.7 Å². The lowest BCUT2D eigenvalue weighted by atomic mass is 10.3. The maximum Gasteiger partial charge on any atom is 0.410 e. The average Bonchev–Trinajstić information content (AvgIpc) is 3.25. The molecular formula is C13H17N5O3. The molecule has 3 rings (SSSR count). The molecule has 8 heteroatoms. The van der Waals surface area contributed by atoms with Gasteiger partial charge >= 0.3 is 6.09 Å². The molecular weight excluding hydrogens is 274 g/mol. The summed E-state index contributed by atoms with van der Waals surface area (Å²) in [5.74, 6) is 0.713. The minimum absolute atomic E-state index is 0.227. The molecule has 2 aromatic heterocycles. The fraction of sp³-hybridized carbons (Fsp3) is 0.538. The van der Waals surface area contributed by atoms with Crippen molar-refractivity contribution in [3.05, 3.63) is 11.9 Å². The summed E-state index contributed by atoms with van der Waals surface area (Å²) in [6, 6.07) is 0. The Labute approximate surface area is 121 Å². The molecule has 8 nitrogen and oxygen atoms in total. The first kappa shape index (κ1) is 13.7. The Bertz CT molecular complexity index is 665. The summed E-state index contributed by atoms with van der Waals surface area (Å²) < 4.78 is 6.73. The molecule has 0 spiro atoms. The number of rotatable bonds is 6. The lowest BCUT2D eigenvalue weighted by Crippen LogP contribution is -2.09. The Morgan fingerprint density at radius 3 is 3.05 bits per heavy atom. The van der Waals surface area contributed by atoms with Crippen LogP contribution in [0.1, 0.15) is 30.9 Å². The summed E-state index contributed by atoms with van der Waals surface area (Å²) >= 11 is 0. The standard InChI is InChI=1S/C13H17N5O3/c1-21-6-2-5-18-12-10(11(17-18)16-13(19)20)14-7-9(15-12)8-3-4-8/h7-8H,2-6H2,1H3,(H,16,17)(H,19,20). The van der Waals surface area contributed by atoms with Gasteiger partial charge in [-0.25, -0.2) is 19.4 Å². The second-order valence-corrected chi connectivity index (χ2v) is 5.09. The Morgan fingerprint density at radius 1 is 1.57 bits per heavy atom. The van der Waals surface area contributed by atoms with Gasteiger partial charge in [0, 0.05) is 32.4 Å². The third kappa shape index (κ3) is 2.94. The van der Waals surface area contributed by atoms with Crippen molar-refractivity contribution >= 4 is 23.1 Å². The summed E-state index contributed by atoms with van der Waals surface area (Å²) in [7, 11) is 1.64. The minimum Gasteiger partial charge on any atom is -0.465 e. The molecule has 1 fully saturated rings. The fourth-order valence-electron chi connectivity index (χ4n) is 2.23. The maximum absolute atomic E-state index is 10.8. The van der Waals surface area contributed by atoms with Crippen LogP contribution in [0.15, 0.2) is 6.20 Å². The van der Waals surface area contributed by atoms with Gasteiger partial charge in [-0.1, -0.05) is 0 Å². The van der Waals surface area contributed by atoms with Gasteiger partial charge in [0.15, 0.2) is 17.0 Å². The number of ether oxygens (including phenoxy) is 1. The van der Waals surface area contributed by atoms with Crippen LogP contribution >= 0.6 is 0 Å². The van der Waals surface area contributed by atoms with Crippen molar-refractivity contribution in [2.75, 3.05) is 19.0 Å². The summed E-state index contributed by atoms with van der Waals surface area (Å²) in [5, 5.41) is 15.4. The minimum atomic E-state index is -1.16. The van der Waals surface area contributed by atoms with Crippen LogP contribution in [0.25, 0.3) is 11.2 Å². The van der Waals surface area contributed by atoms with Gasteiger partial charge in [-0.3, -0.25) is 5.32 Å². The summed E-state index contributed by atoms with van der Waals surface area (Å²) in [6.45, 7) is 1.22. The molecule has 0 saturated heterocycles. The van der Waals surface area contributed by atoms with Crippen LogP contribution in [-0.2, 0) is 11.3 Å². The Morgan fingerprint density at radius 2 is 2.38 bits per heavy atom. The van der Waals surface area contributed by atoms with E-state index in [1.54, 1.807) is 18.0 Å². The molecule has 1 aliphatic carbocycles. The number of anilines is 1. The zero-order valence-electron chi connectivity index (χ0n) is 11.7. The number of aryl methyl sites for hydroxylation is 1. The van der Waals surface area contributed by atoms with E-state index < -0.39 is 6.09 Å². The predicted molar refractivity (Wildman–Crippen MR) is 75.4 cm³/mol. The molecule has 2 aromatic rings. The van der Waals surface area contributed by atoms with Gasteiger partial charge in [-0.2, -0.15) is 5.10 Å². The summed E-state index contributed by atoms with van der Waals surface area (Å²) in [6.07, 6.45) is 3.60.